The maximum Gasteiger partial charge on any atom is 0.314 e. The molecule has 0 fully saturated rings. The van der Waals surface area contributed by atoms with Gasteiger partial charge in [-0.3, -0.25) is 10.1 Å². The Hall–Kier alpha value is -2.47. The van der Waals surface area contributed by atoms with Crippen molar-refractivity contribution in [3.8, 4) is 11.5 Å². The van der Waals surface area contributed by atoms with Gasteiger partial charge in [0.2, 0.25) is 0 Å². The van der Waals surface area contributed by atoms with Gasteiger partial charge in [0, 0.05) is 11.5 Å². The Balaban J connectivity index is 2.69. The number of benzene rings is 1. The third-order valence-corrected chi connectivity index (χ3v) is 2.09. The first-order valence-electron chi connectivity index (χ1n) is 5.15. The van der Waals surface area contributed by atoms with Crippen molar-refractivity contribution in [2.45, 2.75) is 6.42 Å². The van der Waals surface area contributed by atoms with E-state index in [-0.39, 0.29) is 18.0 Å². The highest BCUT2D eigenvalue weighted by Gasteiger charge is 2.16. The molecule has 0 aliphatic rings. The fourth-order valence-electron chi connectivity index (χ4n) is 1.25. The highest BCUT2D eigenvalue weighted by Crippen LogP contribution is 2.30. The molecular weight excluding hydrogens is 240 g/mol. The summed E-state index contributed by atoms with van der Waals surface area (Å²) in [4.78, 5) is 12.9. The molecule has 0 amide bonds. The quantitative estimate of drug-likeness (QED) is 0.185. The summed E-state index contributed by atoms with van der Waals surface area (Å²) in [7, 11) is 1.43. The summed E-state index contributed by atoms with van der Waals surface area (Å²) in [5, 5.41) is 14.2. The van der Waals surface area contributed by atoms with Gasteiger partial charge in [0.1, 0.15) is 5.75 Å². The standard InChI is InChI=1S/C10H12N4O4/c1-17-8-3-4-10(9(7-8)14(15)16)18-6-2-5-12-13-11/h3-4,7H,2,5-6H2,1H3. The molecule has 1 aromatic carbocycles. The normalized spacial score (nSPS) is 9.39. The molecule has 1 rings (SSSR count). The van der Waals surface area contributed by atoms with Gasteiger partial charge < -0.3 is 9.47 Å². The van der Waals surface area contributed by atoms with Gasteiger partial charge in [0.05, 0.1) is 24.7 Å². The molecule has 0 heterocycles. The van der Waals surface area contributed by atoms with Gasteiger partial charge in [-0.1, -0.05) is 5.11 Å². The Labute approximate surface area is 103 Å². The molecule has 0 aliphatic heterocycles. The van der Waals surface area contributed by atoms with E-state index in [0.29, 0.717) is 18.7 Å². The van der Waals surface area contributed by atoms with Crippen LogP contribution in [0.2, 0.25) is 0 Å². The maximum atomic E-state index is 10.8. The molecule has 0 saturated carbocycles. The number of nitro benzene ring substituents is 1. The molecule has 18 heavy (non-hydrogen) atoms. The summed E-state index contributed by atoms with van der Waals surface area (Å²) in [6, 6.07) is 4.35. The van der Waals surface area contributed by atoms with E-state index >= 15 is 0 Å². The van der Waals surface area contributed by atoms with Crippen LogP contribution >= 0.6 is 0 Å². The molecule has 0 aliphatic carbocycles. The Bertz CT molecular complexity index is 471. The molecule has 0 unspecified atom stereocenters. The molecule has 96 valence electrons. The molecule has 8 heteroatoms. The van der Waals surface area contributed by atoms with Crippen LogP contribution in [0.25, 0.3) is 10.4 Å². The van der Waals surface area contributed by atoms with Crippen LogP contribution in [-0.2, 0) is 0 Å². The lowest BCUT2D eigenvalue weighted by Crippen LogP contribution is -2.02. The van der Waals surface area contributed by atoms with Gasteiger partial charge in [-0.2, -0.15) is 0 Å². The summed E-state index contributed by atoms with van der Waals surface area (Å²) >= 11 is 0. The Morgan fingerprint density at radius 1 is 1.56 bits per heavy atom. The molecule has 0 N–H and O–H groups in total. The topological polar surface area (TPSA) is 110 Å². The number of nitro groups is 1. The monoisotopic (exact) mass is 252 g/mol. The van der Waals surface area contributed by atoms with Crippen molar-refractivity contribution in [1.82, 2.24) is 0 Å². The summed E-state index contributed by atoms with van der Waals surface area (Å²) in [6.45, 7) is 0.534. The van der Waals surface area contributed by atoms with Crippen LogP contribution in [0.5, 0.6) is 11.5 Å². The van der Waals surface area contributed by atoms with Crippen molar-refractivity contribution < 1.29 is 14.4 Å². The maximum absolute atomic E-state index is 10.8. The van der Waals surface area contributed by atoms with Crippen LogP contribution in [0.15, 0.2) is 23.3 Å². The van der Waals surface area contributed by atoms with Crippen molar-refractivity contribution in [3.05, 3.63) is 38.8 Å². The van der Waals surface area contributed by atoms with E-state index in [4.69, 9.17) is 15.0 Å². The van der Waals surface area contributed by atoms with Gasteiger partial charge in [0.15, 0.2) is 5.75 Å². The molecule has 0 atom stereocenters. The Morgan fingerprint density at radius 3 is 2.94 bits per heavy atom. The molecule has 1 aromatic rings. The SMILES string of the molecule is COc1ccc(OCCCN=[N+]=[N-])c([N+](=O)[O-])c1. The van der Waals surface area contributed by atoms with Crippen LogP contribution in [0.4, 0.5) is 5.69 Å². The summed E-state index contributed by atoms with van der Waals surface area (Å²) < 4.78 is 10.2. The Kier molecular flexibility index (Phi) is 5.27. The fraction of sp³-hybridized carbons (Fsp3) is 0.400. The van der Waals surface area contributed by atoms with Crippen LogP contribution in [-0.4, -0.2) is 25.2 Å². The molecule has 0 saturated heterocycles. The highest BCUT2D eigenvalue weighted by atomic mass is 16.6. The summed E-state index contributed by atoms with van der Waals surface area (Å²) in [6.07, 6.45) is 0.493. The molecule has 0 spiro atoms. The van der Waals surface area contributed by atoms with Gasteiger partial charge in [-0.15, -0.1) is 0 Å². The lowest BCUT2D eigenvalue weighted by molar-refractivity contribution is -0.385. The van der Waals surface area contributed by atoms with Gasteiger partial charge >= 0.3 is 5.69 Å². The van der Waals surface area contributed by atoms with Crippen molar-refractivity contribution >= 4 is 5.69 Å². The van der Waals surface area contributed by atoms with E-state index in [1.54, 1.807) is 6.07 Å². The number of azide groups is 1. The van der Waals surface area contributed by atoms with Crippen LogP contribution < -0.4 is 9.47 Å². The van der Waals surface area contributed by atoms with E-state index < -0.39 is 4.92 Å². The van der Waals surface area contributed by atoms with Crippen LogP contribution in [0.1, 0.15) is 6.42 Å². The smallest absolute Gasteiger partial charge is 0.314 e. The zero-order valence-electron chi connectivity index (χ0n) is 9.78. The second kappa shape index (κ2) is 6.97. The molecule has 8 nitrogen and oxygen atoms in total. The number of ether oxygens (including phenoxy) is 2. The average molecular weight is 252 g/mol. The highest BCUT2D eigenvalue weighted by molar-refractivity contribution is 5.50. The lowest BCUT2D eigenvalue weighted by Gasteiger charge is -2.07. The second-order valence-corrected chi connectivity index (χ2v) is 3.25. The number of nitrogens with zero attached hydrogens (tertiary/aromatic N) is 4. The van der Waals surface area contributed by atoms with Crippen molar-refractivity contribution in [2.24, 2.45) is 5.11 Å². The molecule has 0 aromatic heterocycles. The molecule has 0 radical (unpaired) electrons. The van der Waals surface area contributed by atoms with E-state index in [0.717, 1.165) is 0 Å². The van der Waals surface area contributed by atoms with Crippen LogP contribution in [0, 0.1) is 10.1 Å². The first-order valence-corrected chi connectivity index (χ1v) is 5.15. The van der Waals surface area contributed by atoms with Crippen molar-refractivity contribution in [3.63, 3.8) is 0 Å². The minimum absolute atomic E-state index is 0.155. The predicted molar refractivity (Wildman–Crippen MR) is 63.8 cm³/mol. The van der Waals surface area contributed by atoms with Crippen molar-refractivity contribution in [1.29, 1.82) is 0 Å². The molecule has 0 bridgehead atoms. The van der Waals surface area contributed by atoms with Crippen molar-refractivity contribution in [2.75, 3.05) is 20.3 Å². The number of hydrogen-bond donors (Lipinski definition) is 0. The molecular formula is C10H12N4O4. The summed E-state index contributed by atoms with van der Waals surface area (Å²) in [5.41, 5.74) is 7.92. The largest absolute Gasteiger partial charge is 0.496 e. The minimum Gasteiger partial charge on any atom is -0.496 e. The van der Waals surface area contributed by atoms with Crippen LogP contribution in [0.3, 0.4) is 0 Å². The Morgan fingerprint density at radius 2 is 2.33 bits per heavy atom. The average Bonchev–Trinajstić information content (AvgIpc) is 2.38. The summed E-state index contributed by atoms with van der Waals surface area (Å²) in [5.74, 6) is 0.560. The van der Waals surface area contributed by atoms with Gasteiger partial charge in [-0.05, 0) is 24.1 Å². The minimum atomic E-state index is -0.536. The number of methoxy groups -OCH3 is 1. The number of hydrogen-bond acceptors (Lipinski definition) is 5. The third-order valence-electron chi connectivity index (χ3n) is 2.09. The first-order chi connectivity index (χ1) is 8.69. The second-order valence-electron chi connectivity index (χ2n) is 3.25. The van der Waals surface area contributed by atoms with E-state index in [1.165, 1.54) is 19.2 Å². The third kappa shape index (κ3) is 3.84. The zero-order valence-corrected chi connectivity index (χ0v) is 9.78. The lowest BCUT2D eigenvalue weighted by atomic mass is 10.3. The fourth-order valence-corrected chi connectivity index (χ4v) is 1.25. The first kappa shape index (κ1) is 13.6. The zero-order chi connectivity index (χ0) is 13.4. The number of rotatable bonds is 7. The predicted octanol–water partition coefficient (Wildman–Crippen LogP) is 2.68. The van der Waals surface area contributed by atoms with Gasteiger partial charge in [-0.25, -0.2) is 0 Å². The van der Waals surface area contributed by atoms with Gasteiger partial charge in [0.25, 0.3) is 0 Å². The van der Waals surface area contributed by atoms with E-state index in [2.05, 4.69) is 10.0 Å². The van der Waals surface area contributed by atoms with E-state index in [9.17, 15) is 10.1 Å². The van der Waals surface area contributed by atoms with E-state index in [1.807, 2.05) is 0 Å².